The Morgan fingerprint density at radius 3 is 2.47 bits per heavy atom. The van der Waals surface area contributed by atoms with E-state index in [-0.39, 0.29) is 28.8 Å². The van der Waals surface area contributed by atoms with E-state index in [1.54, 1.807) is 18.2 Å². The van der Waals surface area contributed by atoms with Crippen molar-refractivity contribution in [3.63, 3.8) is 0 Å². The normalized spacial score (nSPS) is 13.2. The molecular formula is C21H19NO7S. The van der Waals surface area contributed by atoms with Crippen molar-refractivity contribution in [1.82, 2.24) is 5.06 Å². The van der Waals surface area contributed by atoms with Gasteiger partial charge in [0, 0.05) is 17.4 Å². The van der Waals surface area contributed by atoms with Crippen LogP contribution in [-0.2, 0) is 23.9 Å². The van der Waals surface area contributed by atoms with Crippen LogP contribution in [0.1, 0.15) is 52.5 Å². The molecule has 1 heterocycles. The van der Waals surface area contributed by atoms with Crippen molar-refractivity contribution in [2.24, 2.45) is 0 Å². The largest absolute Gasteiger partial charge is 0.452 e. The number of rotatable bonds is 6. The molecule has 0 aliphatic carbocycles. The number of esters is 1. The summed E-state index contributed by atoms with van der Waals surface area (Å²) in [6, 6.07) is 7.82. The Morgan fingerprint density at radius 2 is 1.80 bits per heavy atom. The Labute approximate surface area is 173 Å². The van der Waals surface area contributed by atoms with Gasteiger partial charge >= 0.3 is 5.97 Å². The van der Waals surface area contributed by atoms with Crippen LogP contribution >= 0.6 is 0 Å². The highest BCUT2D eigenvalue weighted by Crippen LogP contribution is 2.32. The minimum absolute atomic E-state index is 0.0701. The molecule has 2 aromatic rings. The Kier molecular flexibility index (Phi) is 6.20. The van der Waals surface area contributed by atoms with E-state index in [2.05, 4.69) is 16.1 Å². The molecule has 0 fully saturated rings. The Hall–Kier alpha value is -3.22. The Bertz CT molecular complexity index is 1180. The van der Waals surface area contributed by atoms with Crippen molar-refractivity contribution in [3.8, 4) is 11.8 Å². The summed E-state index contributed by atoms with van der Waals surface area (Å²) in [5.41, 5.74) is 0.791. The van der Waals surface area contributed by atoms with E-state index in [9.17, 15) is 22.8 Å². The van der Waals surface area contributed by atoms with Gasteiger partial charge in [0.1, 0.15) is 0 Å². The third kappa shape index (κ3) is 4.50. The summed E-state index contributed by atoms with van der Waals surface area (Å²) < 4.78 is 32.5. The van der Waals surface area contributed by atoms with E-state index < -0.39 is 21.9 Å². The van der Waals surface area contributed by atoms with E-state index in [0.29, 0.717) is 22.8 Å². The van der Waals surface area contributed by atoms with Crippen molar-refractivity contribution in [3.05, 3.63) is 47.0 Å². The summed E-state index contributed by atoms with van der Waals surface area (Å²) in [4.78, 5) is 36.8. The third-order valence-corrected chi connectivity index (χ3v) is 4.76. The summed E-state index contributed by atoms with van der Waals surface area (Å²) in [6.45, 7) is 1.91. The van der Waals surface area contributed by atoms with Crippen LogP contribution < -0.4 is 0 Å². The molecular weight excluding hydrogens is 410 g/mol. The van der Waals surface area contributed by atoms with Gasteiger partial charge < -0.3 is 4.74 Å². The molecule has 8 nitrogen and oxygen atoms in total. The van der Waals surface area contributed by atoms with E-state index in [0.717, 1.165) is 19.1 Å². The van der Waals surface area contributed by atoms with Gasteiger partial charge in [0.05, 0.1) is 17.4 Å². The molecule has 0 N–H and O–H groups in total. The number of hydrogen-bond acceptors (Lipinski definition) is 7. The molecule has 0 saturated carbocycles. The Morgan fingerprint density at radius 1 is 1.10 bits per heavy atom. The second-order valence-electron chi connectivity index (χ2n) is 6.64. The predicted molar refractivity (Wildman–Crippen MR) is 108 cm³/mol. The van der Waals surface area contributed by atoms with Crippen LogP contribution in [0.4, 0.5) is 0 Å². The van der Waals surface area contributed by atoms with Crippen molar-refractivity contribution >= 4 is 38.7 Å². The van der Waals surface area contributed by atoms with Gasteiger partial charge in [-0.05, 0) is 30.0 Å². The van der Waals surface area contributed by atoms with Crippen LogP contribution in [0, 0.1) is 11.8 Å². The summed E-state index contributed by atoms with van der Waals surface area (Å²) in [5, 5.41) is 1.16. The standard InChI is InChI=1S/C21H19NO7S/c1-3-4-10-18(23)28-13-6-7-14-11-12-17-19-15(14)8-5-9-16(19)20(24)22(21(17)25)29-30(2,26)27/h5,8-9,11-12H,3-4,10,13H2,1-2H3. The zero-order valence-corrected chi connectivity index (χ0v) is 17.2. The first kappa shape index (κ1) is 21.5. The first-order valence-electron chi connectivity index (χ1n) is 9.21. The van der Waals surface area contributed by atoms with Gasteiger partial charge in [0.2, 0.25) is 0 Å². The number of imide groups is 1. The van der Waals surface area contributed by atoms with Gasteiger partial charge in [-0.2, -0.15) is 8.42 Å². The molecule has 0 saturated heterocycles. The summed E-state index contributed by atoms with van der Waals surface area (Å²) >= 11 is 0. The van der Waals surface area contributed by atoms with Gasteiger partial charge in [0.25, 0.3) is 21.9 Å². The highest BCUT2D eigenvalue weighted by Gasteiger charge is 2.36. The molecule has 1 aliphatic heterocycles. The van der Waals surface area contributed by atoms with Crippen molar-refractivity contribution < 1.29 is 31.8 Å². The molecule has 30 heavy (non-hydrogen) atoms. The molecule has 0 unspecified atom stereocenters. The molecule has 2 amide bonds. The molecule has 156 valence electrons. The molecule has 3 rings (SSSR count). The number of benzene rings is 2. The second-order valence-corrected chi connectivity index (χ2v) is 8.20. The van der Waals surface area contributed by atoms with Gasteiger partial charge in [-0.25, -0.2) is 0 Å². The van der Waals surface area contributed by atoms with Crippen molar-refractivity contribution in [2.75, 3.05) is 12.9 Å². The van der Waals surface area contributed by atoms with Gasteiger partial charge in [-0.1, -0.05) is 37.3 Å². The van der Waals surface area contributed by atoms with Crippen LogP contribution in [0.3, 0.4) is 0 Å². The van der Waals surface area contributed by atoms with Crippen LogP contribution in [0.5, 0.6) is 0 Å². The molecule has 0 radical (unpaired) electrons. The zero-order chi connectivity index (χ0) is 21.9. The SMILES string of the molecule is CCCCC(=O)OCC#Cc1ccc2c3c(cccc13)C(=O)N(OS(C)(=O)=O)C2=O. The fourth-order valence-corrected chi connectivity index (χ4v) is 3.43. The number of carbonyl (C=O) groups excluding carboxylic acids is 3. The summed E-state index contributed by atoms with van der Waals surface area (Å²) in [6.07, 6.45) is 2.74. The average Bonchev–Trinajstić information content (AvgIpc) is 2.70. The van der Waals surface area contributed by atoms with Crippen LogP contribution in [0.2, 0.25) is 0 Å². The molecule has 0 spiro atoms. The van der Waals surface area contributed by atoms with E-state index in [1.165, 1.54) is 12.1 Å². The van der Waals surface area contributed by atoms with E-state index >= 15 is 0 Å². The molecule has 0 bridgehead atoms. The maximum absolute atomic E-state index is 12.6. The van der Waals surface area contributed by atoms with Crippen molar-refractivity contribution in [2.45, 2.75) is 26.2 Å². The quantitative estimate of drug-likeness (QED) is 0.394. The first-order valence-corrected chi connectivity index (χ1v) is 11.0. The van der Waals surface area contributed by atoms with Crippen molar-refractivity contribution in [1.29, 1.82) is 0 Å². The topological polar surface area (TPSA) is 107 Å². The average molecular weight is 429 g/mol. The number of unbranched alkanes of at least 4 members (excludes halogenated alkanes) is 1. The number of hydrogen-bond donors (Lipinski definition) is 0. The van der Waals surface area contributed by atoms with Crippen LogP contribution in [0.25, 0.3) is 10.8 Å². The second kappa shape index (κ2) is 8.65. The highest BCUT2D eigenvalue weighted by molar-refractivity contribution is 7.85. The molecule has 2 aromatic carbocycles. The highest BCUT2D eigenvalue weighted by atomic mass is 32.2. The maximum Gasteiger partial charge on any atom is 0.306 e. The van der Waals surface area contributed by atoms with E-state index in [1.807, 2.05) is 6.92 Å². The summed E-state index contributed by atoms with van der Waals surface area (Å²) in [5.74, 6) is 3.58. The summed E-state index contributed by atoms with van der Waals surface area (Å²) in [7, 11) is -4.08. The molecule has 9 heteroatoms. The molecule has 0 aromatic heterocycles. The minimum Gasteiger partial charge on any atom is -0.452 e. The first-order chi connectivity index (χ1) is 14.2. The van der Waals surface area contributed by atoms with Gasteiger partial charge in [-0.3, -0.25) is 14.4 Å². The fourth-order valence-electron chi connectivity index (χ4n) is 3.03. The predicted octanol–water partition coefficient (Wildman–Crippen LogP) is 2.41. The lowest BCUT2D eigenvalue weighted by Crippen LogP contribution is -2.41. The van der Waals surface area contributed by atoms with Crippen LogP contribution in [0.15, 0.2) is 30.3 Å². The monoisotopic (exact) mass is 429 g/mol. The number of amides is 2. The molecule has 0 atom stereocenters. The fraction of sp³-hybridized carbons (Fsp3) is 0.286. The molecule has 1 aliphatic rings. The van der Waals surface area contributed by atoms with Crippen LogP contribution in [-0.4, -0.2) is 44.1 Å². The third-order valence-electron chi connectivity index (χ3n) is 4.34. The lowest BCUT2D eigenvalue weighted by molar-refractivity contribution is -0.142. The zero-order valence-electron chi connectivity index (χ0n) is 16.4. The number of hydroxylamine groups is 2. The van der Waals surface area contributed by atoms with Gasteiger partial charge in [0.15, 0.2) is 6.61 Å². The number of ether oxygens (including phenoxy) is 1. The lowest BCUT2D eigenvalue weighted by atomic mass is 9.92. The Balaban J connectivity index is 1.93. The minimum atomic E-state index is -4.08. The number of carbonyl (C=O) groups is 3. The number of nitrogens with zero attached hydrogens (tertiary/aromatic N) is 1. The van der Waals surface area contributed by atoms with E-state index in [4.69, 9.17) is 4.74 Å². The smallest absolute Gasteiger partial charge is 0.306 e. The lowest BCUT2D eigenvalue weighted by Gasteiger charge is -2.25. The van der Waals surface area contributed by atoms with Gasteiger partial charge in [-0.15, -0.1) is 9.35 Å². The maximum atomic E-state index is 12.6.